The maximum atomic E-state index is 11.2. The lowest BCUT2D eigenvalue weighted by Gasteiger charge is -2.22. The fourth-order valence-electron chi connectivity index (χ4n) is 1.45. The Labute approximate surface area is 118 Å². The van der Waals surface area contributed by atoms with E-state index in [0.29, 0.717) is 21.3 Å². The molecule has 1 aliphatic rings. The Kier molecular flexibility index (Phi) is 4.00. The molecule has 0 radical (unpaired) electrons. The standard InChI is InChI=1S/C11H6Cl2N4O2/c12-8-1-2-9-7(11(8)13)4-17(6-16-9)19-10(18)3-15-5-14/h1-3,6H,4H2. The highest BCUT2D eigenvalue weighted by molar-refractivity contribution is 6.42. The maximum Gasteiger partial charge on any atom is 0.374 e. The molecule has 19 heavy (non-hydrogen) atoms. The average molecular weight is 297 g/mol. The highest BCUT2D eigenvalue weighted by atomic mass is 35.5. The summed E-state index contributed by atoms with van der Waals surface area (Å²) in [5.74, 6) is -0.783. The molecule has 0 fully saturated rings. The summed E-state index contributed by atoms with van der Waals surface area (Å²) in [6.07, 6.45) is 3.55. The molecule has 0 aromatic heterocycles. The first-order chi connectivity index (χ1) is 9.11. The molecule has 0 spiro atoms. The van der Waals surface area contributed by atoms with Crippen LogP contribution in [0.1, 0.15) is 5.56 Å². The Morgan fingerprint density at radius 2 is 2.37 bits per heavy atom. The third-order valence-electron chi connectivity index (χ3n) is 2.25. The van der Waals surface area contributed by atoms with Gasteiger partial charge in [-0.3, -0.25) is 0 Å². The monoisotopic (exact) mass is 296 g/mol. The molecule has 1 aromatic carbocycles. The van der Waals surface area contributed by atoms with E-state index in [1.807, 2.05) is 0 Å². The molecule has 0 aliphatic carbocycles. The molecule has 1 aromatic rings. The molecule has 0 N–H and O–H groups in total. The van der Waals surface area contributed by atoms with E-state index in [0.717, 1.165) is 6.21 Å². The number of benzene rings is 1. The normalized spacial score (nSPS) is 13.2. The van der Waals surface area contributed by atoms with Gasteiger partial charge >= 0.3 is 5.97 Å². The molecule has 2 rings (SSSR count). The minimum atomic E-state index is -0.783. The molecule has 1 aliphatic heterocycles. The highest BCUT2D eigenvalue weighted by Crippen LogP contribution is 2.35. The van der Waals surface area contributed by atoms with Crippen LogP contribution in [0.2, 0.25) is 10.0 Å². The molecule has 0 amide bonds. The Balaban J connectivity index is 2.15. The van der Waals surface area contributed by atoms with Crippen LogP contribution in [0.25, 0.3) is 0 Å². The van der Waals surface area contributed by atoms with E-state index in [-0.39, 0.29) is 6.54 Å². The number of aliphatic imine (C=N–C) groups is 2. The van der Waals surface area contributed by atoms with Crippen LogP contribution in [0.3, 0.4) is 0 Å². The first-order valence-corrected chi connectivity index (χ1v) is 5.79. The van der Waals surface area contributed by atoms with Crippen LogP contribution in [-0.2, 0) is 16.2 Å². The van der Waals surface area contributed by atoms with Gasteiger partial charge in [-0.1, -0.05) is 23.2 Å². The zero-order chi connectivity index (χ0) is 13.8. The third kappa shape index (κ3) is 3.02. The van der Waals surface area contributed by atoms with Crippen LogP contribution in [0.4, 0.5) is 5.69 Å². The van der Waals surface area contributed by atoms with Crippen molar-refractivity contribution in [2.75, 3.05) is 0 Å². The van der Waals surface area contributed by atoms with Crippen molar-refractivity contribution in [2.45, 2.75) is 6.54 Å². The van der Waals surface area contributed by atoms with Gasteiger partial charge in [-0.25, -0.2) is 9.79 Å². The molecule has 1 heterocycles. The van der Waals surface area contributed by atoms with E-state index < -0.39 is 5.97 Å². The van der Waals surface area contributed by atoms with E-state index in [4.69, 9.17) is 33.3 Å². The Morgan fingerprint density at radius 1 is 1.58 bits per heavy atom. The summed E-state index contributed by atoms with van der Waals surface area (Å²) >= 11 is 12.0. The lowest BCUT2D eigenvalue weighted by Crippen LogP contribution is -2.28. The third-order valence-corrected chi connectivity index (χ3v) is 3.09. The summed E-state index contributed by atoms with van der Waals surface area (Å²) < 4.78 is 0. The van der Waals surface area contributed by atoms with Gasteiger partial charge in [0.2, 0.25) is 6.19 Å². The summed E-state index contributed by atoms with van der Waals surface area (Å²) in [6.45, 7) is 0.213. The number of fused-ring (bicyclic) bond motifs is 1. The zero-order valence-corrected chi connectivity index (χ0v) is 10.9. The summed E-state index contributed by atoms with van der Waals surface area (Å²) in [5, 5.41) is 10.1. The number of hydrogen-bond acceptors (Lipinski definition) is 6. The Morgan fingerprint density at radius 3 is 3.11 bits per heavy atom. The SMILES string of the molecule is N#CN=CC(=O)ON1C=Nc2ccc(Cl)c(Cl)c2C1. The molecule has 8 heteroatoms. The van der Waals surface area contributed by atoms with Gasteiger partial charge in [0.25, 0.3) is 0 Å². The molecular weight excluding hydrogens is 291 g/mol. The van der Waals surface area contributed by atoms with Gasteiger partial charge < -0.3 is 4.84 Å². The predicted molar refractivity (Wildman–Crippen MR) is 70.4 cm³/mol. The molecule has 0 bridgehead atoms. The number of rotatable bonds is 2. The second-order valence-corrected chi connectivity index (χ2v) is 4.23. The number of hydrogen-bond donors (Lipinski definition) is 0. The largest absolute Gasteiger partial charge is 0.374 e. The lowest BCUT2D eigenvalue weighted by atomic mass is 10.1. The number of carbonyl (C=O) groups excluding carboxylic acids is 1. The maximum absolute atomic E-state index is 11.2. The van der Waals surface area contributed by atoms with E-state index in [9.17, 15) is 4.79 Å². The molecule has 0 saturated heterocycles. The molecule has 0 saturated carbocycles. The fraction of sp³-hybridized carbons (Fsp3) is 0.0909. The van der Waals surface area contributed by atoms with Crippen molar-refractivity contribution in [3.05, 3.63) is 27.7 Å². The van der Waals surface area contributed by atoms with Crippen LogP contribution in [0, 0.1) is 11.5 Å². The summed E-state index contributed by atoms with van der Waals surface area (Å²) in [4.78, 5) is 23.3. The molecule has 6 nitrogen and oxygen atoms in total. The van der Waals surface area contributed by atoms with Gasteiger partial charge in [0.05, 0.1) is 22.3 Å². The predicted octanol–water partition coefficient (Wildman–Crippen LogP) is 2.48. The van der Waals surface area contributed by atoms with E-state index >= 15 is 0 Å². The molecule has 0 atom stereocenters. The van der Waals surface area contributed by atoms with Crippen molar-refractivity contribution >= 4 is 47.4 Å². The molecule has 0 unspecified atom stereocenters. The van der Waals surface area contributed by atoms with Crippen molar-refractivity contribution in [1.82, 2.24) is 5.06 Å². The van der Waals surface area contributed by atoms with Crippen LogP contribution in [0.15, 0.2) is 22.1 Å². The number of nitriles is 1. The van der Waals surface area contributed by atoms with Gasteiger partial charge in [-0.2, -0.15) is 15.3 Å². The van der Waals surface area contributed by atoms with Gasteiger partial charge in [0.15, 0.2) is 0 Å². The smallest absolute Gasteiger partial charge is 0.333 e. The zero-order valence-electron chi connectivity index (χ0n) is 9.38. The average Bonchev–Trinajstić information content (AvgIpc) is 2.41. The van der Waals surface area contributed by atoms with Crippen molar-refractivity contribution < 1.29 is 9.63 Å². The number of hydroxylamine groups is 2. The first-order valence-electron chi connectivity index (χ1n) is 5.03. The van der Waals surface area contributed by atoms with Crippen molar-refractivity contribution in [1.29, 1.82) is 5.26 Å². The highest BCUT2D eigenvalue weighted by Gasteiger charge is 2.19. The number of carbonyl (C=O) groups is 1. The Bertz CT molecular complexity index is 622. The minimum absolute atomic E-state index is 0.213. The van der Waals surface area contributed by atoms with Gasteiger partial charge in [0, 0.05) is 5.56 Å². The first kappa shape index (κ1) is 13.3. The van der Waals surface area contributed by atoms with Gasteiger partial charge in [-0.15, -0.1) is 0 Å². The van der Waals surface area contributed by atoms with Gasteiger partial charge in [-0.05, 0) is 12.1 Å². The van der Waals surface area contributed by atoms with Crippen LogP contribution >= 0.6 is 23.2 Å². The molecule has 96 valence electrons. The van der Waals surface area contributed by atoms with Crippen molar-refractivity contribution in [3.8, 4) is 6.19 Å². The van der Waals surface area contributed by atoms with Crippen molar-refractivity contribution in [2.24, 2.45) is 9.98 Å². The quantitative estimate of drug-likeness (QED) is 0.620. The fourth-order valence-corrected chi connectivity index (χ4v) is 1.85. The van der Waals surface area contributed by atoms with Crippen LogP contribution < -0.4 is 0 Å². The van der Waals surface area contributed by atoms with Crippen LogP contribution in [-0.4, -0.2) is 23.6 Å². The second kappa shape index (κ2) is 5.69. The van der Waals surface area contributed by atoms with E-state index in [2.05, 4.69) is 9.98 Å². The van der Waals surface area contributed by atoms with Gasteiger partial charge in [0.1, 0.15) is 12.6 Å². The Hall–Kier alpha value is -2.10. The number of nitrogens with zero attached hydrogens (tertiary/aromatic N) is 4. The van der Waals surface area contributed by atoms with Crippen LogP contribution in [0.5, 0.6) is 0 Å². The topological polar surface area (TPSA) is 78.0 Å². The second-order valence-electron chi connectivity index (χ2n) is 3.45. The van der Waals surface area contributed by atoms with Crippen molar-refractivity contribution in [3.63, 3.8) is 0 Å². The summed E-state index contributed by atoms with van der Waals surface area (Å²) in [6, 6.07) is 3.36. The number of halogens is 2. The minimum Gasteiger partial charge on any atom is -0.333 e. The summed E-state index contributed by atoms with van der Waals surface area (Å²) in [7, 11) is 0. The van der Waals surface area contributed by atoms with E-state index in [1.54, 1.807) is 12.1 Å². The lowest BCUT2D eigenvalue weighted by molar-refractivity contribution is -0.163. The summed E-state index contributed by atoms with van der Waals surface area (Å²) in [5.41, 5.74) is 1.31. The molecular formula is C11H6Cl2N4O2. The van der Waals surface area contributed by atoms with E-state index in [1.165, 1.54) is 17.6 Å².